The van der Waals surface area contributed by atoms with Crippen LogP contribution >= 0.6 is 0 Å². The lowest BCUT2D eigenvalue weighted by Crippen LogP contribution is -2.43. The van der Waals surface area contributed by atoms with Crippen LogP contribution in [0.1, 0.15) is 41.9 Å². The van der Waals surface area contributed by atoms with Gasteiger partial charge < -0.3 is 29.5 Å². The number of alkyl carbamates (subject to hydrolysis) is 1. The molecule has 204 valence electrons. The van der Waals surface area contributed by atoms with Crippen LogP contribution in [-0.2, 0) is 16.0 Å². The van der Waals surface area contributed by atoms with Crippen molar-refractivity contribution < 1.29 is 28.9 Å². The van der Waals surface area contributed by atoms with Crippen molar-refractivity contribution in [2.45, 2.75) is 37.6 Å². The van der Waals surface area contributed by atoms with E-state index in [0.29, 0.717) is 17.1 Å². The van der Waals surface area contributed by atoms with E-state index in [2.05, 4.69) is 22.3 Å². The van der Waals surface area contributed by atoms with Gasteiger partial charge in [-0.15, -0.1) is 0 Å². The highest BCUT2D eigenvalue weighted by Crippen LogP contribution is 2.44. The molecule has 0 saturated carbocycles. The third kappa shape index (κ3) is 5.50. The average Bonchev–Trinajstić information content (AvgIpc) is 3.29. The SMILES string of the molecule is COc1cc(N2CCCCC2)c(OC)cc1CC(NC(=O)OCC1c2ccccc2-c2ccccc21)C(=O)O. The number of methoxy groups -OCH3 is 2. The molecule has 3 aromatic carbocycles. The van der Waals surface area contributed by atoms with Gasteiger partial charge in [0.05, 0.1) is 19.9 Å². The molecular formula is C31H34N2O6. The highest BCUT2D eigenvalue weighted by Gasteiger charge is 2.30. The zero-order valence-electron chi connectivity index (χ0n) is 22.3. The lowest BCUT2D eigenvalue weighted by atomic mass is 9.98. The van der Waals surface area contributed by atoms with Crippen LogP contribution in [0.25, 0.3) is 11.1 Å². The van der Waals surface area contributed by atoms with E-state index in [0.717, 1.165) is 53.9 Å². The van der Waals surface area contributed by atoms with Crippen LogP contribution in [0.3, 0.4) is 0 Å². The van der Waals surface area contributed by atoms with E-state index in [1.807, 2.05) is 42.5 Å². The number of carbonyl (C=O) groups is 2. The summed E-state index contributed by atoms with van der Waals surface area (Å²) >= 11 is 0. The first-order valence-corrected chi connectivity index (χ1v) is 13.3. The molecule has 1 aliphatic carbocycles. The van der Waals surface area contributed by atoms with Gasteiger partial charge in [0.15, 0.2) is 0 Å². The molecule has 1 fully saturated rings. The van der Waals surface area contributed by atoms with E-state index in [4.69, 9.17) is 14.2 Å². The van der Waals surface area contributed by atoms with E-state index < -0.39 is 18.1 Å². The van der Waals surface area contributed by atoms with Gasteiger partial charge in [-0.25, -0.2) is 9.59 Å². The number of rotatable bonds is 9. The summed E-state index contributed by atoms with van der Waals surface area (Å²) in [5.41, 5.74) is 5.98. The summed E-state index contributed by atoms with van der Waals surface area (Å²) in [6.45, 7) is 1.97. The van der Waals surface area contributed by atoms with Crippen LogP contribution in [0.4, 0.5) is 10.5 Å². The Hall–Kier alpha value is -4.20. The number of ether oxygens (including phenoxy) is 3. The highest BCUT2D eigenvalue weighted by atomic mass is 16.5. The normalized spacial score (nSPS) is 15.2. The van der Waals surface area contributed by atoms with E-state index in [-0.39, 0.29) is 18.9 Å². The predicted molar refractivity (Wildman–Crippen MR) is 149 cm³/mol. The summed E-state index contributed by atoms with van der Waals surface area (Å²) < 4.78 is 16.9. The van der Waals surface area contributed by atoms with Crippen molar-refractivity contribution in [1.29, 1.82) is 0 Å². The van der Waals surface area contributed by atoms with Crippen molar-refractivity contribution in [3.8, 4) is 22.6 Å². The smallest absolute Gasteiger partial charge is 0.407 e. The molecular weight excluding hydrogens is 496 g/mol. The Balaban J connectivity index is 1.29. The van der Waals surface area contributed by atoms with Gasteiger partial charge in [0.2, 0.25) is 0 Å². The molecule has 8 nitrogen and oxygen atoms in total. The highest BCUT2D eigenvalue weighted by molar-refractivity contribution is 5.81. The van der Waals surface area contributed by atoms with Crippen LogP contribution in [0.15, 0.2) is 60.7 Å². The Kier molecular flexibility index (Phi) is 7.91. The van der Waals surface area contributed by atoms with Crippen molar-refractivity contribution in [1.82, 2.24) is 5.32 Å². The number of carboxylic acids is 1. The summed E-state index contributed by atoms with van der Waals surface area (Å²) in [6.07, 6.45) is 2.66. The summed E-state index contributed by atoms with van der Waals surface area (Å²) in [5.74, 6) is -0.0716. The standard InChI is InChI=1S/C31H34N2O6/c1-37-28-18-27(33-14-8-3-9-15-33)29(38-2)17-20(28)16-26(30(34)35)32-31(36)39-19-25-23-12-6-4-10-21(23)22-11-5-7-13-24(22)25/h4-7,10-13,17-18,25-26H,3,8-9,14-16,19H2,1-2H3,(H,32,36)(H,34,35). The quantitative estimate of drug-likeness (QED) is 0.391. The molecule has 0 bridgehead atoms. The summed E-state index contributed by atoms with van der Waals surface area (Å²) in [4.78, 5) is 27.2. The second kappa shape index (κ2) is 11.7. The van der Waals surface area contributed by atoms with Crippen molar-refractivity contribution >= 4 is 17.7 Å². The van der Waals surface area contributed by atoms with Crippen LogP contribution in [0, 0.1) is 0 Å². The topological polar surface area (TPSA) is 97.3 Å². The first-order valence-electron chi connectivity index (χ1n) is 13.3. The van der Waals surface area contributed by atoms with E-state index in [1.165, 1.54) is 6.42 Å². The zero-order chi connectivity index (χ0) is 27.4. The average molecular weight is 531 g/mol. The molecule has 0 spiro atoms. The largest absolute Gasteiger partial charge is 0.496 e. The Bertz CT molecular complexity index is 1310. The molecule has 39 heavy (non-hydrogen) atoms. The summed E-state index contributed by atoms with van der Waals surface area (Å²) in [5, 5.41) is 12.5. The summed E-state index contributed by atoms with van der Waals surface area (Å²) in [7, 11) is 3.16. The van der Waals surface area contributed by atoms with Gasteiger partial charge in [-0.3, -0.25) is 0 Å². The molecule has 2 aliphatic rings. The number of fused-ring (bicyclic) bond motifs is 3. The van der Waals surface area contributed by atoms with E-state index in [1.54, 1.807) is 20.3 Å². The van der Waals surface area contributed by atoms with E-state index in [9.17, 15) is 14.7 Å². The minimum Gasteiger partial charge on any atom is -0.496 e. The first kappa shape index (κ1) is 26.4. The maximum absolute atomic E-state index is 12.8. The summed E-state index contributed by atoms with van der Waals surface area (Å²) in [6, 6.07) is 18.6. The Morgan fingerprint density at radius 3 is 2.13 bits per heavy atom. The third-order valence-electron chi connectivity index (χ3n) is 7.64. The first-order chi connectivity index (χ1) is 19.0. The molecule has 1 unspecified atom stereocenters. The number of hydrogen-bond acceptors (Lipinski definition) is 6. The number of hydrogen-bond donors (Lipinski definition) is 2. The second-order valence-electron chi connectivity index (χ2n) is 9.95. The number of carbonyl (C=O) groups excluding carboxylic acids is 1. The molecule has 1 atom stereocenters. The molecule has 1 heterocycles. The van der Waals surface area contributed by atoms with Gasteiger partial charge in [0.1, 0.15) is 24.1 Å². The minimum atomic E-state index is -1.21. The number of nitrogens with zero attached hydrogens (tertiary/aromatic N) is 1. The fraction of sp³-hybridized carbons (Fsp3) is 0.355. The maximum atomic E-state index is 12.8. The molecule has 0 aromatic heterocycles. The Morgan fingerprint density at radius 2 is 1.54 bits per heavy atom. The molecule has 0 radical (unpaired) electrons. The number of benzene rings is 3. The molecule has 5 rings (SSSR count). The number of carboxylic acid groups (broad SMARTS) is 1. The van der Waals surface area contributed by atoms with Gasteiger partial charge in [-0.1, -0.05) is 48.5 Å². The monoisotopic (exact) mass is 530 g/mol. The minimum absolute atomic E-state index is 0.0132. The van der Waals surface area contributed by atoms with Crippen LogP contribution in [0.5, 0.6) is 11.5 Å². The van der Waals surface area contributed by atoms with Gasteiger partial charge in [0, 0.05) is 37.1 Å². The Morgan fingerprint density at radius 1 is 0.923 bits per heavy atom. The number of aliphatic carboxylic acids is 1. The van der Waals surface area contributed by atoms with Gasteiger partial charge in [-0.05, 0) is 47.6 Å². The van der Waals surface area contributed by atoms with Crippen molar-refractivity contribution in [3.05, 3.63) is 77.4 Å². The molecule has 1 amide bonds. The maximum Gasteiger partial charge on any atom is 0.407 e. The number of anilines is 1. The molecule has 2 N–H and O–H groups in total. The fourth-order valence-electron chi connectivity index (χ4n) is 5.69. The third-order valence-corrected chi connectivity index (χ3v) is 7.64. The molecule has 1 saturated heterocycles. The van der Waals surface area contributed by atoms with Gasteiger partial charge in [0.25, 0.3) is 0 Å². The van der Waals surface area contributed by atoms with Crippen molar-refractivity contribution in [2.24, 2.45) is 0 Å². The van der Waals surface area contributed by atoms with Crippen LogP contribution < -0.4 is 19.7 Å². The van der Waals surface area contributed by atoms with Crippen LogP contribution in [-0.4, -0.2) is 57.1 Å². The van der Waals surface area contributed by atoms with Gasteiger partial charge >= 0.3 is 12.1 Å². The zero-order valence-corrected chi connectivity index (χ0v) is 22.3. The lowest BCUT2D eigenvalue weighted by Gasteiger charge is -2.31. The van der Waals surface area contributed by atoms with E-state index >= 15 is 0 Å². The van der Waals surface area contributed by atoms with Crippen molar-refractivity contribution in [3.63, 3.8) is 0 Å². The van der Waals surface area contributed by atoms with Crippen molar-refractivity contribution in [2.75, 3.05) is 38.8 Å². The fourth-order valence-corrected chi connectivity index (χ4v) is 5.69. The van der Waals surface area contributed by atoms with Crippen LogP contribution in [0.2, 0.25) is 0 Å². The molecule has 3 aromatic rings. The predicted octanol–water partition coefficient (Wildman–Crippen LogP) is 5.23. The lowest BCUT2D eigenvalue weighted by molar-refractivity contribution is -0.139. The molecule has 8 heteroatoms. The number of amides is 1. The number of nitrogens with one attached hydrogen (secondary N) is 1. The van der Waals surface area contributed by atoms with Gasteiger partial charge in [-0.2, -0.15) is 0 Å². The number of piperidine rings is 1. The second-order valence-corrected chi connectivity index (χ2v) is 9.95. The molecule has 1 aliphatic heterocycles. The Labute approximate surface area is 228 Å².